The molecule has 1 aromatic rings. The molecule has 0 aliphatic carbocycles. The molecule has 0 atom stereocenters. The Kier molecular flexibility index (Phi) is 3.99. The summed E-state index contributed by atoms with van der Waals surface area (Å²) in [6.45, 7) is 6.78. The van der Waals surface area contributed by atoms with E-state index in [9.17, 15) is 9.59 Å². The van der Waals surface area contributed by atoms with Crippen molar-refractivity contribution in [3.05, 3.63) is 30.4 Å². The van der Waals surface area contributed by atoms with Crippen molar-refractivity contribution in [2.24, 2.45) is 5.92 Å². The summed E-state index contributed by atoms with van der Waals surface area (Å²) in [7, 11) is 0. The number of aromatic amines is 1. The number of nitrogens with zero attached hydrogens (tertiary/aromatic N) is 2. The van der Waals surface area contributed by atoms with Gasteiger partial charge in [0.1, 0.15) is 5.82 Å². The minimum Gasteiger partial charge on any atom is -0.349 e. The van der Waals surface area contributed by atoms with Crippen LogP contribution in [-0.4, -0.2) is 39.8 Å². The van der Waals surface area contributed by atoms with Gasteiger partial charge in [-0.25, -0.2) is 4.98 Å². The van der Waals surface area contributed by atoms with Crippen LogP contribution in [0, 0.1) is 5.92 Å². The Hall–Kier alpha value is -2.11. The van der Waals surface area contributed by atoms with Crippen LogP contribution in [0.3, 0.4) is 0 Å². The van der Waals surface area contributed by atoms with E-state index in [0.29, 0.717) is 19.6 Å². The molecule has 2 heterocycles. The highest BCUT2D eigenvalue weighted by Crippen LogP contribution is 2.15. The summed E-state index contributed by atoms with van der Waals surface area (Å²) in [6.07, 6.45) is 3.93. The number of H-pyrrole nitrogens is 1. The second-order valence-corrected chi connectivity index (χ2v) is 4.57. The van der Waals surface area contributed by atoms with Crippen LogP contribution in [0.15, 0.2) is 18.9 Å². The molecule has 0 spiro atoms. The third-order valence-electron chi connectivity index (χ3n) is 3.23. The molecule has 1 fully saturated rings. The molecular formula is C13H18N4O2. The maximum atomic E-state index is 11.8. The summed E-state index contributed by atoms with van der Waals surface area (Å²) < 4.78 is 0. The summed E-state index contributed by atoms with van der Waals surface area (Å²) in [5, 5.41) is 2.82. The van der Waals surface area contributed by atoms with Crippen molar-refractivity contribution < 1.29 is 9.59 Å². The number of imidazole rings is 1. The molecule has 6 nitrogen and oxygen atoms in total. The van der Waals surface area contributed by atoms with Crippen LogP contribution in [0.4, 0.5) is 0 Å². The minimum atomic E-state index is -0.123. The fourth-order valence-corrected chi connectivity index (χ4v) is 1.94. The van der Waals surface area contributed by atoms with Gasteiger partial charge in [0.2, 0.25) is 11.8 Å². The number of carbonyl (C=O) groups excluding carboxylic acids is 2. The summed E-state index contributed by atoms with van der Waals surface area (Å²) >= 11 is 0. The number of likely N-dealkylation sites (tertiary alicyclic amines) is 1. The van der Waals surface area contributed by atoms with Crippen LogP contribution < -0.4 is 5.32 Å². The summed E-state index contributed by atoms with van der Waals surface area (Å²) in [5.74, 6) is 0.471. The quantitative estimate of drug-likeness (QED) is 0.746. The molecule has 1 aliphatic rings. The Labute approximate surface area is 111 Å². The van der Waals surface area contributed by atoms with E-state index >= 15 is 0 Å². The molecule has 102 valence electrons. The Bertz CT molecular complexity index is 489. The number of rotatable bonds is 5. The predicted molar refractivity (Wildman–Crippen MR) is 70.1 cm³/mol. The van der Waals surface area contributed by atoms with Gasteiger partial charge in [-0.15, -0.1) is 0 Å². The number of aromatic nitrogens is 2. The first kappa shape index (κ1) is 13.3. The highest BCUT2D eigenvalue weighted by Gasteiger charge is 2.34. The van der Waals surface area contributed by atoms with Crippen LogP contribution >= 0.6 is 0 Å². The summed E-state index contributed by atoms with van der Waals surface area (Å²) in [6, 6.07) is 0. The third-order valence-corrected chi connectivity index (χ3v) is 3.23. The topological polar surface area (TPSA) is 78.1 Å². The van der Waals surface area contributed by atoms with Crippen molar-refractivity contribution >= 4 is 11.8 Å². The molecule has 1 aliphatic heterocycles. The van der Waals surface area contributed by atoms with Gasteiger partial charge >= 0.3 is 0 Å². The van der Waals surface area contributed by atoms with Crippen molar-refractivity contribution in [1.82, 2.24) is 20.2 Å². The zero-order valence-electron chi connectivity index (χ0n) is 11.0. The Morgan fingerprint density at radius 1 is 1.63 bits per heavy atom. The number of hydrogen-bond acceptors (Lipinski definition) is 3. The predicted octanol–water partition coefficient (Wildman–Crippen LogP) is 0.233. The standard InChI is InChI=1S/C13H18N4O2/c1-3-10-5-14-11(16-10)6-15-13(19)9-7-17(8-9)12(18)4-2/h4-5,9H,2-3,6-8H2,1H3,(H,14,16)(H,15,19). The molecule has 0 aromatic carbocycles. The second-order valence-electron chi connectivity index (χ2n) is 4.57. The molecule has 0 radical (unpaired) electrons. The molecule has 2 rings (SSSR count). The first-order valence-corrected chi connectivity index (χ1v) is 6.35. The van der Waals surface area contributed by atoms with Crippen molar-refractivity contribution in [2.45, 2.75) is 19.9 Å². The van der Waals surface area contributed by atoms with Crippen molar-refractivity contribution in [2.75, 3.05) is 13.1 Å². The van der Waals surface area contributed by atoms with Crippen LogP contribution in [0.25, 0.3) is 0 Å². The van der Waals surface area contributed by atoms with Crippen molar-refractivity contribution in [3.8, 4) is 0 Å². The van der Waals surface area contributed by atoms with E-state index in [4.69, 9.17) is 0 Å². The molecule has 0 saturated carbocycles. The average molecular weight is 262 g/mol. The van der Waals surface area contributed by atoms with Gasteiger partial charge in [-0.3, -0.25) is 9.59 Å². The van der Waals surface area contributed by atoms with Gasteiger partial charge in [0, 0.05) is 25.0 Å². The molecule has 1 saturated heterocycles. The summed E-state index contributed by atoms with van der Waals surface area (Å²) in [4.78, 5) is 31.9. The number of hydrogen-bond donors (Lipinski definition) is 2. The lowest BCUT2D eigenvalue weighted by Gasteiger charge is -2.37. The minimum absolute atomic E-state index is 0.0393. The largest absolute Gasteiger partial charge is 0.349 e. The van der Waals surface area contributed by atoms with Gasteiger partial charge in [0.05, 0.1) is 12.5 Å². The van der Waals surface area contributed by atoms with E-state index in [1.54, 1.807) is 11.1 Å². The SMILES string of the molecule is C=CC(=O)N1CC(C(=O)NCc2ncc(CC)[nH]2)C1. The van der Waals surface area contributed by atoms with Gasteiger partial charge in [0.15, 0.2) is 0 Å². The Balaban J connectivity index is 1.74. The van der Waals surface area contributed by atoms with Crippen LogP contribution in [0.2, 0.25) is 0 Å². The molecule has 6 heteroatoms. The highest BCUT2D eigenvalue weighted by molar-refractivity contribution is 5.90. The molecule has 0 unspecified atom stereocenters. The van der Waals surface area contributed by atoms with Crippen molar-refractivity contribution in [1.29, 1.82) is 0 Å². The maximum absolute atomic E-state index is 11.8. The van der Waals surface area contributed by atoms with Crippen LogP contribution in [0.5, 0.6) is 0 Å². The van der Waals surface area contributed by atoms with E-state index in [2.05, 4.69) is 21.9 Å². The van der Waals surface area contributed by atoms with Crippen molar-refractivity contribution in [3.63, 3.8) is 0 Å². The number of aryl methyl sites for hydroxylation is 1. The van der Waals surface area contributed by atoms with Gasteiger partial charge in [-0.2, -0.15) is 0 Å². The molecule has 0 bridgehead atoms. The maximum Gasteiger partial charge on any atom is 0.246 e. The van der Waals surface area contributed by atoms with Gasteiger partial charge in [0.25, 0.3) is 0 Å². The summed E-state index contributed by atoms with van der Waals surface area (Å²) in [5.41, 5.74) is 1.05. The Morgan fingerprint density at radius 2 is 2.37 bits per heavy atom. The highest BCUT2D eigenvalue weighted by atomic mass is 16.2. The van der Waals surface area contributed by atoms with E-state index in [0.717, 1.165) is 17.9 Å². The number of nitrogens with one attached hydrogen (secondary N) is 2. The second kappa shape index (κ2) is 5.69. The fraction of sp³-hybridized carbons (Fsp3) is 0.462. The number of carbonyl (C=O) groups is 2. The number of amides is 2. The monoisotopic (exact) mass is 262 g/mol. The first-order valence-electron chi connectivity index (χ1n) is 6.35. The van der Waals surface area contributed by atoms with Gasteiger partial charge in [-0.05, 0) is 12.5 Å². The lowest BCUT2D eigenvalue weighted by molar-refractivity contribution is -0.139. The molecule has 2 N–H and O–H groups in total. The van der Waals surface area contributed by atoms with E-state index in [1.807, 2.05) is 6.92 Å². The molecular weight excluding hydrogens is 244 g/mol. The Morgan fingerprint density at radius 3 is 2.95 bits per heavy atom. The lowest BCUT2D eigenvalue weighted by atomic mass is 9.99. The average Bonchev–Trinajstić information content (AvgIpc) is 2.82. The fourth-order valence-electron chi connectivity index (χ4n) is 1.94. The normalized spacial score (nSPS) is 14.9. The van der Waals surface area contributed by atoms with Crippen LogP contribution in [-0.2, 0) is 22.6 Å². The van der Waals surface area contributed by atoms with E-state index < -0.39 is 0 Å². The smallest absolute Gasteiger partial charge is 0.246 e. The van der Waals surface area contributed by atoms with E-state index in [-0.39, 0.29) is 17.7 Å². The van der Waals surface area contributed by atoms with Gasteiger partial charge < -0.3 is 15.2 Å². The molecule has 19 heavy (non-hydrogen) atoms. The molecule has 1 aromatic heterocycles. The zero-order valence-corrected chi connectivity index (χ0v) is 11.0. The lowest BCUT2D eigenvalue weighted by Crippen LogP contribution is -2.55. The zero-order chi connectivity index (χ0) is 13.8. The van der Waals surface area contributed by atoms with E-state index in [1.165, 1.54) is 6.08 Å². The first-order chi connectivity index (χ1) is 9.13. The van der Waals surface area contributed by atoms with Crippen LogP contribution in [0.1, 0.15) is 18.4 Å². The third kappa shape index (κ3) is 3.01. The molecule has 2 amide bonds. The van der Waals surface area contributed by atoms with Gasteiger partial charge in [-0.1, -0.05) is 13.5 Å².